The third kappa shape index (κ3) is 5.34. The first-order valence-electron chi connectivity index (χ1n) is 8.19. The van der Waals surface area contributed by atoms with Crippen molar-refractivity contribution in [2.45, 2.75) is 23.4 Å². The minimum absolute atomic E-state index is 0.0846. The fraction of sp³-hybridized carbons (Fsp3) is 0.200. The molecular weight excluding hydrogens is 364 g/mol. The number of nitrogens with zero attached hydrogens (tertiary/aromatic N) is 1. The van der Waals surface area contributed by atoms with E-state index in [4.69, 9.17) is 4.74 Å². The molecule has 1 amide bonds. The number of anilines is 1. The minimum atomic E-state index is -0.0846. The van der Waals surface area contributed by atoms with Gasteiger partial charge in [0.2, 0.25) is 5.91 Å². The Morgan fingerprint density at radius 2 is 2.04 bits per heavy atom. The van der Waals surface area contributed by atoms with Gasteiger partial charge in [0.1, 0.15) is 10.1 Å². The summed E-state index contributed by atoms with van der Waals surface area (Å²) in [6, 6.07) is 15.8. The largest absolute Gasteiger partial charge is 0.497 e. The molecule has 0 saturated heterocycles. The molecule has 0 saturated carbocycles. The zero-order valence-electron chi connectivity index (χ0n) is 14.7. The summed E-state index contributed by atoms with van der Waals surface area (Å²) in [6.07, 6.45) is 0.263. The summed E-state index contributed by atoms with van der Waals surface area (Å²) in [5.41, 5.74) is 4.05. The van der Waals surface area contributed by atoms with Crippen LogP contribution in [0.4, 0.5) is 5.69 Å². The number of hydrogen-bond donors (Lipinski definition) is 1. The Hall–Kier alpha value is -2.31. The summed E-state index contributed by atoms with van der Waals surface area (Å²) in [5, 5.41) is 4.82. The van der Waals surface area contributed by atoms with E-state index in [1.807, 2.05) is 23.6 Å². The molecule has 0 aliphatic rings. The fourth-order valence-corrected chi connectivity index (χ4v) is 4.14. The highest BCUT2D eigenvalue weighted by atomic mass is 32.2. The Bertz CT molecular complexity index is 876. The van der Waals surface area contributed by atoms with Gasteiger partial charge in [-0.3, -0.25) is 4.79 Å². The number of carbonyl (C=O) groups excluding carboxylic acids is 1. The first-order chi connectivity index (χ1) is 12.6. The molecule has 0 unspecified atom stereocenters. The molecule has 4 nitrogen and oxygen atoms in total. The number of amides is 1. The maximum Gasteiger partial charge on any atom is 0.230 e. The molecular formula is C20H20N2O2S2. The number of aromatic nitrogens is 1. The standard InChI is InChI=1S/C20H20N2O2S2/c1-14-6-8-15(9-7-14)12-25-20-22-17(13-26-20)11-19(23)21-16-4-3-5-18(10-16)24-2/h3-10,13H,11-12H2,1-2H3,(H,21,23). The molecule has 0 fully saturated rings. The van der Waals surface area contributed by atoms with E-state index in [1.54, 1.807) is 36.3 Å². The fourth-order valence-electron chi connectivity index (χ4n) is 2.34. The van der Waals surface area contributed by atoms with Gasteiger partial charge in [0.05, 0.1) is 19.2 Å². The predicted octanol–water partition coefficient (Wildman–Crippen LogP) is 4.93. The molecule has 2 aromatic carbocycles. The van der Waals surface area contributed by atoms with E-state index in [0.717, 1.165) is 21.5 Å². The van der Waals surface area contributed by atoms with E-state index in [2.05, 4.69) is 41.5 Å². The number of hydrogen-bond acceptors (Lipinski definition) is 5. The molecule has 3 rings (SSSR count). The van der Waals surface area contributed by atoms with Crippen molar-refractivity contribution in [1.82, 2.24) is 4.98 Å². The second-order valence-corrected chi connectivity index (χ2v) is 7.92. The Balaban J connectivity index is 1.52. The van der Waals surface area contributed by atoms with Crippen molar-refractivity contribution in [3.05, 3.63) is 70.7 Å². The van der Waals surface area contributed by atoms with Crippen molar-refractivity contribution >= 4 is 34.7 Å². The molecule has 0 bridgehead atoms. The van der Waals surface area contributed by atoms with Crippen LogP contribution < -0.4 is 10.1 Å². The number of methoxy groups -OCH3 is 1. The van der Waals surface area contributed by atoms with E-state index in [-0.39, 0.29) is 12.3 Å². The third-order valence-electron chi connectivity index (χ3n) is 3.71. The summed E-state index contributed by atoms with van der Waals surface area (Å²) >= 11 is 3.27. The lowest BCUT2D eigenvalue weighted by atomic mass is 10.2. The Morgan fingerprint density at radius 3 is 2.81 bits per heavy atom. The SMILES string of the molecule is COc1cccc(NC(=O)Cc2csc(SCc3ccc(C)cc3)n2)c1. The number of thiazole rings is 1. The van der Waals surface area contributed by atoms with E-state index < -0.39 is 0 Å². The Kier molecular flexibility index (Phi) is 6.30. The number of aryl methyl sites for hydroxylation is 1. The normalized spacial score (nSPS) is 10.5. The van der Waals surface area contributed by atoms with Crippen molar-refractivity contribution in [2.24, 2.45) is 0 Å². The van der Waals surface area contributed by atoms with Crippen LogP contribution in [0.25, 0.3) is 0 Å². The third-order valence-corrected chi connectivity index (χ3v) is 5.85. The van der Waals surface area contributed by atoms with Crippen LogP contribution in [0.3, 0.4) is 0 Å². The molecule has 134 valence electrons. The van der Waals surface area contributed by atoms with Crippen LogP contribution in [-0.2, 0) is 17.0 Å². The van der Waals surface area contributed by atoms with Gasteiger partial charge >= 0.3 is 0 Å². The molecule has 6 heteroatoms. The highest BCUT2D eigenvalue weighted by Crippen LogP contribution is 2.26. The smallest absolute Gasteiger partial charge is 0.230 e. The van der Waals surface area contributed by atoms with E-state index in [0.29, 0.717) is 5.75 Å². The summed E-state index contributed by atoms with van der Waals surface area (Å²) in [7, 11) is 1.60. The number of thioether (sulfide) groups is 1. The molecule has 1 N–H and O–H groups in total. The Labute approximate surface area is 161 Å². The number of benzene rings is 2. The van der Waals surface area contributed by atoms with Gasteiger partial charge in [-0.1, -0.05) is 47.7 Å². The molecule has 0 spiro atoms. The van der Waals surface area contributed by atoms with Crippen LogP contribution >= 0.6 is 23.1 Å². The number of rotatable bonds is 7. The summed E-state index contributed by atoms with van der Waals surface area (Å²) in [5.74, 6) is 1.51. The van der Waals surface area contributed by atoms with Gasteiger partial charge in [-0.2, -0.15) is 0 Å². The molecule has 0 aliphatic carbocycles. The van der Waals surface area contributed by atoms with Crippen molar-refractivity contribution in [1.29, 1.82) is 0 Å². The average Bonchev–Trinajstić information content (AvgIpc) is 3.08. The van der Waals surface area contributed by atoms with Crippen LogP contribution in [0.15, 0.2) is 58.3 Å². The van der Waals surface area contributed by atoms with E-state index in [9.17, 15) is 4.79 Å². The van der Waals surface area contributed by atoms with Crippen LogP contribution in [0.1, 0.15) is 16.8 Å². The second kappa shape index (κ2) is 8.87. The highest BCUT2D eigenvalue weighted by molar-refractivity contribution is 8.00. The van der Waals surface area contributed by atoms with Gasteiger partial charge in [0.25, 0.3) is 0 Å². The van der Waals surface area contributed by atoms with Crippen LogP contribution in [0.5, 0.6) is 5.75 Å². The van der Waals surface area contributed by atoms with Crippen molar-refractivity contribution in [3.8, 4) is 5.75 Å². The number of ether oxygens (including phenoxy) is 1. The summed E-state index contributed by atoms with van der Waals surface area (Å²) in [6.45, 7) is 2.08. The second-order valence-electron chi connectivity index (χ2n) is 5.84. The first kappa shape index (κ1) is 18.5. The zero-order chi connectivity index (χ0) is 18.4. The van der Waals surface area contributed by atoms with E-state index >= 15 is 0 Å². The molecule has 0 atom stereocenters. The van der Waals surface area contributed by atoms with E-state index in [1.165, 1.54) is 11.1 Å². The summed E-state index contributed by atoms with van der Waals surface area (Å²) in [4.78, 5) is 16.8. The molecule has 0 aliphatic heterocycles. The molecule has 0 radical (unpaired) electrons. The van der Waals surface area contributed by atoms with Crippen molar-refractivity contribution in [3.63, 3.8) is 0 Å². The minimum Gasteiger partial charge on any atom is -0.497 e. The van der Waals surface area contributed by atoms with Gasteiger partial charge in [-0.15, -0.1) is 11.3 Å². The number of carbonyl (C=O) groups is 1. The Morgan fingerprint density at radius 1 is 1.23 bits per heavy atom. The monoisotopic (exact) mass is 384 g/mol. The molecule has 1 heterocycles. The van der Waals surface area contributed by atoms with Crippen LogP contribution in [0, 0.1) is 6.92 Å². The van der Waals surface area contributed by atoms with Gasteiger partial charge in [-0.25, -0.2) is 4.98 Å². The quantitative estimate of drug-likeness (QED) is 0.587. The maximum atomic E-state index is 12.2. The van der Waals surface area contributed by atoms with Crippen LogP contribution in [-0.4, -0.2) is 18.0 Å². The van der Waals surface area contributed by atoms with Gasteiger partial charge in [0, 0.05) is 22.9 Å². The lowest BCUT2D eigenvalue weighted by Gasteiger charge is -2.06. The highest BCUT2D eigenvalue weighted by Gasteiger charge is 2.09. The van der Waals surface area contributed by atoms with Gasteiger partial charge < -0.3 is 10.1 Å². The van der Waals surface area contributed by atoms with Gasteiger partial charge in [-0.05, 0) is 24.6 Å². The van der Waals surface area contributed by atoms with Gasteiger partial charge in [0.15, 0.2) is 0 Å². The number of nitrogens with one attached hydrogen (secondary N) is 1. The van der Waals surface area contributed by atoms with Crippen LogP contribution in [0.2, 0.25) is 0 Å². The summed E-state index contributed by atoms with van der Waals surface area (Å²) < 4.78 is 6.14. The van der Waals surface area contributed by atoms with Crippen molar-refractivity contribution < 1.29 is 9.53 Å². The zero-order valence-corrected chi connectivity index (χ0v) is 16.3. The first-order valence-corrected chi connectivity index (χ1v) is 10.1. The van der Waals surface area contributed by atoms with Crippen molar-refractivity contribution in [2.75, 3.05) is 12.4 Å². The lowest BCUT2D eigenvalue weighted by molar-refractivity contribution is -0.115. The predicted molar refractivity (Wildman–Crippen MR) is 108 cm³/mol. The molecule has 3 aromatic rings. The average molecular weight is 385 g/mol. The molecule has 1 aromatic heterocycles. The molecule has 26 heavy (non-hydrogen) atoms. The topological polar surface area (TPSA) is 51.2 Å². The lowest BCUT2D eigenvalue weighted by Crippen LogP contribution is -2.14. The maximum absolute atomic E-state index is 12.2.